The number of esters is 1. The SMILES string of the molecule is COC(=O)CCN(CC(C)C)C(=O)COC(C)(C)C. The molecule has 0 bridgehead atoms. The second kappa shape index (κ2) is 8.15. The largest absolute Gasteiger partial charge is 0.469 e. The Kier molecular flexibility index (Phi) is 7.68. The minimum Gasteiger partial charge on any atom is -0.469 e. The zero-order chi connectivity index (χ0) is 15.1. The van der Waals surface area contributed by atoms with Crippen LogP contribution in [0, 0.1) is 5.92 Å². The summed E-state index contributed by atoms with van der Waals surface area (Å²) in [5.41, 5.74) is -0.346. The van der Waals surface area contributed by atoms with Crippen LogP contribution in [0.2, 0.25) is 0 Å². The molecule has 1 amide bonds. The standard InChI is InChI=1S/C14H27NO4/c1-11(2)9-15(8-7-13(17)18-6)12(16)10-19-14(3,4)5/h11H,7-10H2,1-6H3. The van der Waals surface area contributed by atoms with E-state index in [1.807, 2.05) is 34.6 Å². The van der Waals surface area contributed by atoms with Crippen LogP contribution >= 0.6 is 0 Å². The van der Waals surface area contributed by atoms with Crippen LogP contribution in [0.25, 0.3) is 0 Å². The molecular weight excluding hydrogens is 246 g/mol. The number of hydrogen-bond donors (Lipinski definition) is 0. The molecule has 0 heterocycles. The van der Waals surface area contributed by atoms with E-state index in [0.29, 0.717) is 19.0 Å². The van der Waals surface area contributed by atoms with Crippen LogP contribution < -0.4 is 0 Å². The van der Waals surface area contributed by atoms with Gasteiger partial charge in [0.1, 0.15) is 6.61 Å². The predicted molar refractivity (Wildman–Crippen MR) is 73.8 cm³/mol. The first kappa shape index (κ1) is 17.9. The van der Waals surface area contributed by atoms with Gasteiger partial charge in [0.05, 0.1) is 19.1 Å². The number of hydrogen-bond acceptors (Lipinski definition) is 4. The predicted octanol–water partition coefficient (Wildman–Crippen LogP) is 1.85. The minimum absolute atomic E-state index is 0.0391. The monoisotopic (exact) mass is 273 g/mol. The Hall–Kier alpha value is -1.10. The van der Waals surface area contributed by atoms with Crippen molar-refractivity contribution in [3.8, 4) is 0 Å². The van der Waals surface area contributed by atoms with Crippen LogP contribution in [0.3, 0.4) is 0 Å². The lowest BCUT2D eigenvalue weighted by molar-refractivity contribution is -0.144. The molecule has 0 aromatic rings. The zero-order valence-corrected chi connectivity index (χ0v) is 13.0. The van der Waals surface area contributed by atoms with Gasteiger partial charge in [0, 0.05) is 13.1 Å². The summed E-state index contributed by atoms with van der Waals surface area (Å²) in [7, 11) is 1.35. The normalized spacial score (nSPS) is 11.5. The molecule has 112 valence electrons. The molecule has 0 saturated heterocycles. The van der Waals surface area contributed by atoms with E-state index < -0.39 is 0 Å². The number of methoxy groups -OCH3 is 1. The molecule has 0 aromatic heterocycles. The molecule has 0 aromatic carbocycles. The van der Waals surface area contributed by atoms with Crippen molar-refractivity contribution in [1.29, 1.82) is 0 Å². The average molecular weight is 273 g/mol. The summed E-state index contributed by atoms with van der Waals surface area (Å²) in [6, 6.07) is 0. The summed E-state index contributed by atoms with van der Waals surface area (Å²) in [6.07, 6.45) is 0.213. The van der Waals surface area contributed by atoms with Crippen LogP contribution in [0.4, 0.5) is 0 Å². The first-order chi connectivity index (χ1) is 8.65. The Morgan fingerprint density at radius 1 is 1.21 bits per heavy atom. The lowest BCUT2D eigenvalue weighted by Gasteiger charge is -2.26. The van der Waals surface area contributed by atoms with Gasteiger partial charge in [-0.1, -0.05) is 13.8 Å². The number of carbonyl (C=O) groups excluding carboxylic acids is 2. The number of amides is 1. The molecule has 0 spiro atoms. The Morgan fingerprint density at radius 2 is 1.79 bits per heavy atom. The number of rotatable bonds is 7. The Bertz CT molecular complexity index is 294. The van der Waals surface area contributed by atoms with Gasteiger partial charge in [-0.2, -0.15) is 0 Å². The van der Waals surface area contributed by atoms with Gasteiger partial charge in [-0.3, -0.25) is 9.59 Å². The highest BCUT2D eigenvalue weighted by atomic mass is 16.5. The number of nitrogens with zero attached hydrogens (tertiary/aromatic N) is 1. The molecule has 0 rings (SSSR count). The lowest BCUT2D eigenvalue weighted by Crippen LogP contribution is -2.40. The molecule has 0 radical (unpaired) electrons. The molecule has 0 fully saturated rings. The second-order valence-electron chi connectivity index (χ2n) is 5.96. The molecule has 5 nitrogen and oxygen atoms in total. The molecule has 0 aliphatic rings. The highest BCUT2D eigenvalue weighted by Gasteiger charge is 2.19. The maximum absolute atomic E-state index is 12.1. The second-order valence-corrected chi connectivity index (χ2v) is 5.96. The van der Waals surface area contributed by atoms with Crippen molar-refractivity contribution in [3.05, 3.63) is 0 Å². The topological polar surface area (TPSA) is 55.8 Å². The Morgan fingerprint density at radius 3 is 2.21 bits per heavy atom. The van der Waals surface area contributed by atoms with Crippen molar-refractivity contribution < 1.29 is 19.1 Å². The molecule has 0 aliphatic carbocycles. The van der Waals surface area contributed by atoms with Crippen molar-refractivity contribution in [2.75, 3.05) is 26.8 Å². The third kappa shape index (κ3) is 9.47. The van der Waals surface area contributed by atoms with E-state index in [1.54, 1.807) is 4.90 Å². The summed E-state index contributed by atoms with van der Waals surface area (Å²) in [5, 5.41) is 0. The maximum Gasteiger partial charge on any atom is 0.307 e. The van der Waals surface area contributed by atoms with Crippen LogP contribution in [0.15, 0.2) is 0 Å². The maximum atomic E-state index is 12.1. The summed E-state index contributed by atoms with van der Waals surface area (Å²) < 4.78 is 10.1. The molecule has 0 saturated carbocycles. The molecule has 5 heteroatoms. The van der Waals surface area contributed by atoms with Crippen LogP contribution in [0.5, 0.6) is 0 Å². The van der Waals surface area contributed by atoms with Gasteiger partial charge in [0.15, 0.2) is 0 Å². The van der Waals surface area contributed by atoms with Crippen molar-refractivity contribution in [2.45, 2.75) is 46.6 Å². The van der Waals surface area contributed by atoms with Gasteiger partial charge < -0.3 is 14.4 Å². The van der Waals surface area contributed by atoms with Gasteiger partial charge in [-0.15, -0.1) is 0 Å². The fraction of sp³-hybridized carbons (Fsp3) is 0.857. The molecule has 0 aliphatic heterocycles. The number of ether oxygens (including phenoxy) is 2. The highest BCUT2D eigenvalue weighted by molar-refractivity contribution is 5.78. The van der Waals surface area contributed by atoms with E-state index in [1.165, 1.54) is 7.11 Å². The van der Waals surface area contributed by atoms with Crippen LogP contribution in [0.1, 0.15) is 41.0 Å². The van der Waals surface area contributed by atoms with Crippen LogP contribution in [-0.2, 0) is 19.1 Å². The highest BCUT2D eigenvalue weighted by Crippen LogP contribution is 2.08. The molecule has 19 heavy (non-hydrogen) atoms. The Labute approximate surface area is 116 Å². The van der Waals surface area contributed by atoms with Crippen molar-refractivity contribution in [3.63, 3.8) is 0 Å². The van der Waals surface area contributed by atoms with Crippen LogP contribution in [-0.4, -0.2) is 49.2 Å². The van der Waals surface area contributed by atoms with E-state index >= 15 is 0 Å². The van der Waals surface area contributed by atoms with Crippen molar-refractivity contribution in [1.82, 2.24) is 4.90 Å². The third-order valence-electron chi connectivity index (χ3n) is 2.38. The van der Waals surface area contributed by atoms with Crippen molar-refractivity contribution >= 4 is 11.9 Å². The fourth-order valence-corrected chi connectivity index (χ4v) is 1.46. The average Bonchev–Trinajstić information content (AvgIpc) is 2.29. The van der Waals surface area contributed by atoms with E-state index in [-0.39, 0.29) is 30.5 Å². The molecule has 0 atom stereocenters. The van der Waals surface area contributed by atoms with Gasteiger partial charge in [0.25, 0.3) is 0 Å². The third-order valence-corrected chi connectivity index (χ3v) is 2.38. The van der Waals surface area contributed by atoms with E-state index in [9.17, 15) is 9.59 Å². The molecule has 0 unspecified atom stereocenters. The summed E-state index contributed by atoms with van der Waals surface area (Å²) in [6.45, 7) is 10.8. The fourth-order valence-electron chi connectivity index (χ4n) is 1.46. The van der Waals surface area contributed by atoms with E-state index in [2.05, 4.69) is 4.74 Å². The van der Waals surface area contributed by atoms with Gasteiger partial charge in [-0.25, -0.2) is 0 Å². The zero-order valence-electron chi connectivity index (χ0n) is 13.0. The molecule has 0 N–H and O–H groups in total. The lowest BCUT2D eigenvalue weighted by atomic mass is 10.2. The first-order valence-corrected chi connectivity index (χ1v) is 6.64. The van der Waals surface area contributed by atoms with Crippen molar-refractivity contribution in [2.24, 2.45) is 5.92 Å². The summed E-state index contributed by atoms with van der Waals surface area (Å²) in [4.78, 5) is 24.9. The first-order valence-electron chi connectivity index (χ1n) is 6.64. The smallest absolute Gasteiger partial charge is 0.307 e. The summed E-state index contributed by atoms with van der Waals surface area (Å²) in [5.74, 6) is -0.0537. The van der Waals surface area contributed by atoms with E-state index in [0.717, 1.165) is 0 Å². The van der Waals surface area contributed by atoms with Gasteiger partial charge in [-0.05, 0) is 26.7 Å². The summed E-state index contributed by atoms with van der Waals surface area (Å²) >= 11 is 0. The minimum atomic E-state index is -0.346. The number of carbonyl (C=O) groups is 2. The van der Waals surface area contributed by atoms with Gasteiger partial charge in [0.2, 0.25) is 5.91 Å². The van der Waals surface area contributed by atoms with E-state index in [4.69, 9.17) is 4.74 Å². The quantitative estimate of drug-likeness (QED) is 0.664. The Balaban J connectivity index is 4.39. The van der Waals surface area contributed by atoms with Gasteiger partial charge >= 0.3 is 5.97 Å². The molecular formula is C14H27NO4.